The van der Waals surface area contributed by atoms with Crippen LogP contribution in [0, 0.1) is 5.92 Å². The Morgan fingerprint density at radius 3 is 2.34 bits per heavy atom. The molecule has 1 saturated carbocycles. The predicted octanol–water partition coefficient (Wildman–Crippen LogP) is 3.87. The largest absolute Gasteiger partial charge is 0.496 e. The molecule has 4 amide bonds. The van der Waals surface area contributed by atoms with E-state index in [9.17, 15) is 22.8 Å². The average molecular weight is 543 g/mol. The predicted molar refractivity (Wildman–Crippen MR) is 147 cm³/mol. The van der Waals surface area contributed by atoms with Crippen molar-refractivity contribution in [3.63, 3.8) is 0 Å². The maximum Gasteiger partial charge on any atom is 0.328 e. The lowest BCUT2D eigenvalue weighted by atomic mass is 9.84. The number of rotatable bonds is 8. The fourth-order valence-electron chi connectivity index (χ4n) is 4.40. The highest BCUT2D eigenvalue weighted by Gasteiger charge is 2.31. The topological polar surface area (TPSA) is 125 Å². The van der Waals surface area contributed by atoms with Crippen LogP contribution in [0.25, 0.3) is 0 Å². The molecule has 0 radical (unpaired) electrons. The zero-order chi connectivity index (χ0) is 27.8. The Kier molecular flexibility index (Phi) is 7.42. The number of methoxy groups -OCH3 is 1. The second-order valence-corrected chi connectivity index (χ2v) is 12.7. The Labute approximate surface area is 223 Å². The normalized spacial score (nSPS) is 16.2. The van der Waals surface area contributed by atoms with Crippen molar-refractivity contribution in [3.8, 4) is 5.75 Å². The molecule has 1 aliphatic heterocycles. The van der Waals surface area contributed by atoms with Crippen molar-refractivity contribution in [2.45, 2.75) is 45.4 Å². The fourth-order valence-corrected chi connectivity index (χ4v) is 5.39. The van der Waals surface area contributed by atoms with Crippen LogP contribution in [0.5, 0.6) is 5.75 Å². The number of ether oxygens (including phenoxy) is 1. The molecule has 2 aromatic carbocycles. The van der Waals surface area contributed by atoms with Crippen LogP contribution in [0.15, 0.2) is 36.4 Å². The summed E-state index contributed by atoms with van der Waals surface area (Å²) < 4.78 is 31.7. The molecule has 1 heterocycles. The number of carbonyl (C=O) groups is 3. The minimum Gasteiger partial charge on any atom is -0.496 e. The average Bonchev–Trinajstić information content (AvgIpc) is 3.65. The minimum absolute atomic E-state index is 0.155. The van der Waals surface area contributed by atoms with Gasteiger partial charge in [0.2, 0.25) is 15.9 Å². The number of carbonyl (C=O) groups excluding carboxylic acids is 3. The smallest absolute Gasteiger partial charge is 0.328 e. The van der Waals surface area contributed by atoms with E-state index in [1.54, 1.807) is 36.4 Å². The van der Waals surface area contributed by atoms with Crippen LogP contribution in [0.3, 0.4) is 0 Å². The second-order valence-electron chi connectivity index (χ2n) is 10.8. The summed E-state index contributed by atoms with van der Waals surface area (Å²) in [6.07, 6.45) is 3.39. The monoisotopic (exact) mass is 542 g/mol. The van der Waals surface area contributed by atoms with Crippen molar-refractivity contribution in [1.29, 1.82) is 0 Å². The van der Waals surface area contributed by atoms with Crippen molar-refractivity contribution in [1.82, 2.24) is 5.32 Å². The van der Waals surface area contributed by atoms with Gasteiger partial charge in [0.15, 0.2) is 0 Å². The Balaban J connectivity index is 1.65. The number of nitrogens with zero attached hydrogens (tertiary/aromatic N) is 2. The van der Waals surface area contributed by atoms with Crippen LogP contribution in [0.4, 0.5) is 21.9 Å². The molecule has 0 unspecified atom stereocenters. The lowest BCUT2D eigenvalue weighted by molar-refractivity contribution is -0.120. The first-order chi connectivity index (χ1) is 17.8. The molecule has 2 aliphatic rings. The molecule has 0 spiro atoms. The first-order valence-electron chi connectivity index (χ1n) is 12.5. The molecule has 1 saturated heterocycles. The lowest BCUT2D eigenvalue weighted by Gasteiger charge is -2.30. The number of hydrogen-bond acceptors (Lipinski definition) is 6. The molecule has 0 bridgehead atoms. The van der Waals surface area contributed by atoms with E-state index in [1.807, 2.05) is 20.8 Å². The third kappa shape index (κ3) is 6.09. The van der Waals surface area contributed by atoms with E-state index in [2.05, 4.69) is 10.6 Å². The van der Waals surface area contributed by atoms with E-state index in [0.29, 0.717) is 35.3 Å². The van der Waals surface area contributed by atoms with Gasteiger partial charge in [0.25, 0.3) is 5.91 Å². The summed E-state index contributed by atoms with van der Waals surface area (Å²) in [6.45, 7) is 6.57. The highest BCUT2D eigenvalue weighted by molar-refractivity contribution is 7.92. The number of hydrogen-bond donors (Lipinski definition) is 2. The fraction of sp³-hybridized carbons (Fsp3) is 0.444. The van der Waals surface area contributed by atoms with E-state index < -0.39 is 27.4 Å². The van der Waals surface area contributed by atoms with E-state index in [4.69, 9.17) is 4.74 Å². The van der Waals surface area contributed by atoms with Crippen molar-refractivity contribution in [2.75, 3.05) is 41.0 Å². The van der Waals surface area contributed by atoms with E-state index in [0.717, 1.165) is 18.4 Å². The summed E-state index contributed by atoms with van der Waals surface area (Å²) in [5, 5.41) is 5.17. The van der Waals surface area contributed by atoms with Crippen molar-refractivity contribution in [3.05, 3.63) is 47.5 Å². The van der Waals surface area contributed by atoms with Crippen LogP contribution in [-0.4, -0.2) is 52.7 Å². The van der Waals surface area contributed by atoms with Gasteiger partial charge in [-0.3, -0.25) is 24.1 Å². The molecule has 38 heavy (non-hydrogen) atoms. The number of sulfonamides is 1. The maximum atomic E-state index is 13.5. The lowest BCUT2D eigenvalue weighted by Crippen LogP contribution is -2.49. The van der Waals surface area contributed by atoms with E-state index >= 15 is 0 Å². The molecular weight excluding hydrogens is 508 g/mol. The zero-order valence-corrected chi connectivity index (χ0v) is 23.1. The van der Waals surface area contributed by atoms with Gasteiger partial charge in [0.1, 0.15) is 5.75 Å². The quantitative estimate of drug-likeness (QED) is 0.522. The first kappa shape index (κ1) is 27.4. The summed E-state index contributed by atoms with van der Waals surface area (Å²) in [6, 6.07) is 9.49. The Morgan fingerprint density at radius 1 is 1.16 bits per heavy atom. The van der Waals surface area contributed by atoms with Crippen LogP contribution in [-0.2, 0) is 20.2 Å². The molecule has 2 fully saturated rings. The van der Waals surface area contributed by atoms with Gasteiger partial charge in [-0.1, -0.05) is 20.8 Å². The van der Waals surface area contributed by atoms with Gasteiger partial charge in [-0.2, -0.15) is 0 Å². The maximum absolute atomic E-state index is 13.5. The summed E-state index contributed by atoms with van der Waals surface area (Å²) in [5.74, 6) is -0.0327. The molecule has 11 heteroatoms. The highest BCUT2D eigenvalue weighted by Crippen LogP contribution is 2.39. The zero-order valence-electron chi connectivity index (χ0n) is 22.3. The Bertz CT molecular complexity index is 1360. The van der Waals surface area contributed by atoms with Gasteiger partial charge in [0, 0.05) is 36.4 Å². The molecule has 0 atom stereocenters. The minimum atomic E-state index is -3.43. The van der Waals surface area contributed by atoms with Crippen molar-refractivity contribution < 1.29 is 27.5 Å². The molecule has 1 aliphatic carbocycles. The number of anilines is 3. The number of benzene rings is 2. The summed E-state index contributed by atoms with van der Waals surface area (Å²) >= 11 is 0. The molecule has 2 N–H and O–H groups in total. The Hall–Kier alpha value is -3.60. The van der Waals surface area contributed by atoms with Crippen LogP contribution in [0.1, 0.15) is 56.0 Å². The third-order valence-electron chi connectivity index (χ3n) is 6.63. The van der Waals surface area contributed by atoms with Crippen molar-refractivity contribution in [2.24, 2.45) is 5.92 Å². The van der Waals surface area contributed by atoms with Gasteiger partial charge in [-0.25, -0.2) is 13.2 Å². The van der Waals surface area contributed by atoms with Gasteiger partial charge in [-0.05, 0) is 60.6 Å². The van der Waals surface area contributed by atoms with E-state index in [-0.39, 0.29) is 24.4 Å². The van der Waals surface area contributed by atoms with Gasteiger partial charge in [0.05, 0.1) is 24.6 Å². The van der Waals surface area contributed by atoms with Crippen molar-refractivity contribution >= 4 is 44.9 Å². The van der Waals surface area contributed by atoms with Gasteiger partial charge < -0.3 is 10.1 Å². The van der Waals surface area contributed by atoms with Crippen LogP contribution >= 0.6 is 0 Å². The summed E-state index contributed by atoms with van der Waals surface area (Å²) in [5.41, 5.74) is 2.03. The number of imide groups is 1. The standard InChI is InChI=1S/C27H34N4O6S/c1-27(2,3)22-15-20(30-13-12-23(32)29-26(30)34)14-21(24(22)37-4)25(33)28-18-8-10-19(11-9-18)31(38(5,35)36)16-17-6-7-17/h8-11,14-15,17H,6-7,12-13,16H2,1-5H3,(H,28,33)(H,29,32,34). The van der Waals surface area contributed by atoms with Gasteiger partial charge in [-0.15, -0.1) is 0 Å². The Morgan fingerprint density at radius 2 is 1.82 bits per heavy atom. The molecular formula is C27H34N4O6S. The molecule has 2 aromatic rings. The van der Waals surface area contributed by atoms with Crippen LogP contribution in [0.2, 0.25) is 0 Å². The van der Waals surface area contributed by atoms with Crippen LogP contribution < -0.4 is 24.6 Å². The highest BCUT2D eigenvalue weighted by atomic mass is 32.2. The second kappa shape index (κ2) is 10.3. The summed E-state index contributed by atoms with van der Waals surface area (Å²) in [7, 11) is -1.94. The molecule has 10 nitrogen and oxygen atoms in total. The number of amides is 4. The van der Waals surface area contributed by atoms with Gasteiger partial charge >= 0.3 is 6.03 Å². The number of nitrogens with one attached hydrogen (secondary N) is 2. The molecule has 4 rings (SSSR count). The van der Waals surface area contributed by atoms with E-state index in [1.165, 1.54) is 22.6 Å². The molecule has 0 aromatic heterocycles. The molecule has 204 valence electrons. The first-order valence-corrected chi connectivity index (χ1v) is 14.4. The SMILES string of the molecule is COc1c(C(=O)Nc2ccc(N(CC3CC3)S(C)(=O)=O)cc2)cc(N2CCC(=O)NC2=O)cc1C(C)(C)C. The number of urea groups is 1. The summed E-state index contributed by atoms with van der Waals surface area (Å²) in [4.78, 5) is 39.1. The third-order valence-corrected chi connectivity index (χ3v) is 7.79.